The number of terminal acetylenes is 1. The first-order valence-corrected chi connectivity index (χ1v) is 3.98. The van der Waals surface area contributed by atoms with E-state index in [2.05, 4.69) is 5.92 Å². The number of aliphatic hydroxyl groups excluding tert-OH is 1. The van der Waals surface area contributed by atoms with Gasteiger partial charge in [0, 0.05) is 0 Å². The van der Waals surface area contributed by atoms with Gasteiger partial charge in [-0.05, 0) is 26.7 Å². The molecule has 0 amide bonds. The maximum absolute atomic E-state index is 9.38. The number of hydrogen-bond donors (Lipinski definition) is 2. The molecule has 1 unspecified atom stereocenters. The molecule has 0 aliphatic carbocycles. The van der Waals surface area contributed by atoms with E-state index in [-0.39, 0.29) is 6.61 Å². The van der Waals surface area contributed by atoms with Crippen LogP contribution in [0.4, 0.5) is 0 Å². The van der Waals surface area contributed by atoms with Crippen LogP contribution in [0.25, 0.3) is 0 Å². The summed E-state index contributed by atoms with van der Waals surface area (Å²) in [6.45, 7) is 3.51. The van der Waals surface area contributed by atoms with Gasteiger partial charge in [0.2, 0.25) is 0 Å². The zero-order valence-electron chi connectivity index (χ0n) is 7.67. The van der Waals surface area contributed by atoms with E-state index in [1.807, 2.05) is 13.0 Å². The highest BCUT2D eigenvalue weighted by Gasteiger charge is 2.14. The fourth-order valence-electron chi connectivity index (χ4n) is 0.736. The molecular formula is C10H16O2. The van der Waals surface area contributed by atoms with Crippen LogP contribution in [0.1, 0.15) is 26.7 Å². The average Bonchev–Trinajstić information content (AvgIpc) is 2.04. The molecule has 0 radical (unpaired) electrons. The summed E-state index contributed by atoms with van der Waals surface area (Å²) in [7, 11) is 0. The molecule has 2 nitrogen and oxygen atoms in total. The summed E-state index contributed by atoms with van der Waals surface area (Å²) in [5.41, 5.74) is -0.116. The number of allylic oxidation sites excluding steroid dienone is 1. The van der Waals surface area contributed by atoms with Crippen LogP contribution in [-0.4, -0.2) is 22.4 Å². The molecule has 0 saturated heterocycles. The lowest BCUT2D eigenvalue weighted by molar-refractivity contribution is 0.113. The van der Waals surface area contributed by atoms with Crippen LogP contribution in [0.2, 0.25) is 0 Å². The van der Waals surface area contributed by atoms with E-state index in [4.69, 9.17) is 11.5 Å². The Labute approximate surface area is 73.9 Å². The number of rotatable bonds is 4. The highest BCUT2D eigenvalue weighted by Crippen LogP contribution is 2.11. The molecule has 1 atom stereocenters. The smallest absolute Gasteiger partial charge is 0.122 e. The molecule has 68 valence electrons. The predicted octanol–water partition coefficient (Wildman–Crippen LogP) is 1.09. The molecule has 0 aliphatic heterocycles. The Balaban J connectivity index is 3.79. The molecule has 0 aromatic rings. The third kappa shape index (κ3) is 4.95. The van der Waals surface area contributed by atoms with E-state index >= 15 is 0 Å². The van der Waals surface area contributed by atoms with Crippen LogP contribution in [0.5, 0.6) is 0 Å². The molecule has 0 heterocycles. The largest absolute Gasteiger partial charge is 0.392 e. The molecule has 12 heavy (non-hydrogen) atoms. The minimum absolute atomic E-state index is 0.0677. The van der Waals surface area contributed by atoms with Crippen molar-refractivity contribution in [2.75, 3.05) is 6.61 Å². The van der Waals surface area contributed by atoms with Gasteiger partial charge >= 0.3 is 0 Å². The van der Waals surface area contributed by atoms with E-state index in [1.165, 1.54) is 0 Å². The van der Waals surface area contributed by atoms with Gasteiger partial charge in [-0.15, -0.1) is 6.42 Å². The molecule has 0 rings (SSSR count). The van der Waals surface area contributed by atoms with Crippen molar-refractivity contribution >= 4 is 0 Å². The normalized spacial score (nSPS) is 16.8. The fraction of sp³-hybridized carbons (Fsp3) is 0.600. The molecule has 0 fully saturated rings. The van der Waals surface area contributed by atoms with Crippen LogP contribution >= 0.6 is 0 Å². The zero-order chi connectivity index (χ0) is 9.61. The second-order valence-electron chi connectivity index (χ2n) is 3.17. The van der Waals surface area contributed by atoms with Gasteiger partial charge < -0.3 is 10.2 Å². The lowest BCUT2D eigenvalue weighted by atomic mass is 10.0. The summed E-state index contributed by atoms with van der Waals surface area (Å²) in [5, 5.41) is 18.0. The standard InChI is InChI=1S/C10H16O2/c1-4-10(3,12)7-5-6-9(2)8-11/h1,6,11-12H,5,7-8H2,2-3H3. The van der Waals surface area contributed by atoms with Gasteiger partial charge in [0.15, 0.2) is 0 Å². The molecule has 0 aliphatic rings. The van der Waals surface area contributed by atoms with Crippen molar-refractivity contribution in [2.45, 2.75) is 32.3 Å². The van der Waals surface area contributed by atoms with Crippen molar-refractivity contribution in [2.24, 2.45) is 0 Å². The SMILES string of the molecule is C#CC(C)(O)CCC=C(C)CO. The monoisotopic (exact) mass is 168 g/mol. The summed E-state index contributed by atoms with van der Waals surface area (Å²) >= 11 is 0. The van der Waals surface area contributed by atoms with Gasteiger partial charge in [0.1, 0.15) is 5.60 Å². The third-order valence-electron chi connectivity index (χ3n) is 1.68. The highest BCUT2D eigenvalue weighted by molar-refractivity contribution is 5.06. The first kappa shape index (κ1) is 11.2. The predicted molar refractivity (Wildman–Crippen MR) is 49.5 cm³/mol. The van der Waals surface area contributed by atoms with Gasteiger partial charge in [-0.3, -0.25) is 0 Å². The maximum atomic E-state index is 9.38. The summed E-state index contributed by atoms with van der Waals surface area (Å²) < 4.78 is 0. The minimum atomic E-state index is -1.02. The fourth-order valence-corrected chi connectivity index (χ4v) is 0.736. The molecule has 0 spiro atoms. The number of aliphatic hydroxyl groups is 2. The van der Waals surface area contributed by atoms with Crippen LogP contribution in [-0.2, 0) is 0 Å². The summed E-state index contributed by atoms with van der Waals surface area (Å²) in [5.74, 6) is 2.30. The van der Waals surface area contributed by atoms with Gasteiger partial charge in [0.05, 0.1) is 6.61 Å². The van der Waals surface area contributed by atoms with E-state index in [9.17, 15) is 5.11 Å². The van der Waals surface area contributed by atoms with E-state index in [0.29, 0.717) is 12.8 Å². The van der Waals surface area contributed by atoms with E-state index in [1.54, 1.807) is 6.92 Å². The highest BCUT2D eigenvalue weighted by atomic mass is 16.3. The average molecular weight is 168 g/mol. The van der Waals surface area contributed by atoms with Crippen molar-refractivity contribution in [3.8, 4) is 12.3 Å². The second kappa shape index (κ2) is 4.97. The quantitative estimate of drug-likeness (QED) is 0.487. The molecule has 0 aromatic carbocycles. The third-order valence-corrected chi connectivity index (χ3v) is 1.68. The maximum Gasteiger partial charge on any atom is 0.122 e. The zero-order valence-corrected chi connectivity index (χ0v) is 7.67. The molecule has 2 N–H and O–H groups in total. The Morgan fingerprint density at radius 2 is 2.25 bits per heavy atom. The first-order chi connectivity index (χ1) is 5.52. The van der Waals surface area contributed by atoms with Gasteiger partial charge in [-0.2, -0.15) is 0 Å². The Morgan fingerprint density at radius 3 is 2.67 bits per heavy atom. The topological polar surface area (TPSA) is 40.5 Å². The lowest BCUT2D eigenvalue weighted by Crippen LogP contribution is -2.20. The molecule has 2 heteroatoms. The molecular weight excluding hydrogens is 152 g/mol. The minimum Gasteiger partial charge on any atom is -0.392 e. The second-order valence-corrected chi connectivity index (χ2v) is 3.17. The van der Waals surface area contributed by atoms with Crippen LogP contribution in [0.15, 0.2) is 11.6 Å². The summed E-state index contributed by atoms with van der Waals surface area (Å²) in [4.78, 5) is 0. The van der Waals surface area contributed by atoms with Crippen molar-refractivity contribution in [1.82, 2.24) is 0 Å². The number of hydrogen-bond acceptors (Lipinski definition) is 2. The van der Waals surface area contributed by atoms with Gasteiger partial charge in [-0.25, -0.2) is 0 Å². The van der Waals surface area contributed by atoms with Gasteiger partial charge in [0.25, 0.3) is 0 Å². The van der Waals surface area contributed by atoms with Crippen LogP contribution in [0.3, 0.4) is 0 Å². The summed E-state index contributed by atoms with van der Waals surface area (Å²) in [6.07, 6.45) is 8.19. The Hall–Kier alpha value is -0.780. The van der Waals surface area contributed by atoms with Crippen LogP contribution in [0, 0.1) is 12.3 Å². The van der Waals surface area contributed by atoms with Crippen molar-refractivity contribution in [3.05, 3.63) is 11.6 Å². The Kier molecular flexibility index (Phi) is 4.65. The van der Waals surface area contributed by atoms with Gasteiger partial charge in [-0.1, -0.05) is 17.6 Å². The van der Waals surface area contributed by atoms with E-state index in [0.717, 1.165) is 5.57 Å². The molecule has 0 saturated carbocycles. The summed E-state index contributed by atoms with van der Waals surface area (Å²) in [6, 6.07) is 0. The Morgan fingerprint density at radius 1 is 1.67 bits per heavy atom. The molecule has 0 bridgehead atoms. The van der Waals surface area contributed by atoms with E-state index < -0.39 is 5.60 Å². The first-order valence-electron chi connectivity index (χ1n) is 3.98. The van der Waals surface area contributed by atoms with Crippen molar-refractivity contribution in [1.29, 1.82) is 0 Å². The van der Waals surface area contributed by atoms with Crippen molar-refractivity contribution in [3.63, 3.8) is 0 Å². The Bertz CT molecular complexity index is 196. The van der Waals surface area contributed by atoms with Crippen LogP contribution < -0.4 is 0 Å². The molecule has 0 aromatic heterocycles. The lowest BCUT2D eigenvalue weighted by Gasteiger charge is -2.14. The van der Waals surface area contributed by atoms with Crippen molar-refractivity contribution < 1.29 is 10.2 Å².